The van der Waals surface area contributed by atoms with Crippen molar-refractivity contribution < 1.29 is 9.66 Å². The van der Waals surface area contributed by atoms with E-state index in [-0.39, 0.29) is 16.7 Å². The molecule has 1 N–H and O–H groups in total. The number of nitro groups is 1. The summed E-state index contributed by atoms with van der Waals surface area (Å²) in [6.45, 7) is 1.49. The van der Waals surface area contributed by atoms with Gasteiger partial charge in [0, 0.05) is 25.2 Å². The number of nitrogens with one attached hydrogen (secondary N) is 1. The van der Waals surface area contributed by atoms with Crippen LogP contribution in [-0.2, 0) is 11.3 Å². The molecule has 1 unspecified atom stereocenters. The van der Waals surface area contributed by atoms with Gasteiger partial charge in [0.1, 0.15) is 6.10 Å². The van der Waals surface area contributed by atoms with Crippen LogP contribution in [0.15, 0.2) is 36.6 Å². The SMILES string of the molecule is O=[N+]([O-])c1ccc(CNCC2CCC=CO2)cc1. The number of nitrogens with zero attached hydrogens (tertiary/aromatic N) is 1. The normalized spacial score (nSPS) is 18.3. The van der Waals surface area contributed by atoms with Gasteiger partial charge in [-0.2, -0.15) is 0 Å². The molecule has 96 valence electrons. The van der Waals surface area contributed by atoms with Crippen molar-refractivity contribution in [2.24, 2.45) is 0 Å². The van der Waals surface area contributed by atoms with Crippen molar-refractivity contribution in [2.45, 2.75) is 25.5 Å². The number of hydrogen-bond donors (Lipinski definition) is 1. The van der Waals surface area contributed by atoms with Gasteiger partial charge in [0.2, 0.25) is 0 Å². The van der Waals surface area contributed by atoms with Crippen molar-refractivity contribution in [1.29, 1.82) is 0 Å². The second-order valence-electron chi connectivity index (χ2n) is 4.26. The van der Waals surface area contributed by atoms with E-state index < -0.39 is 0 Å². The standard InChI is InChI=1S/C13H16N2O3/c16-15(17)12-6-4-11(5-7-12)9-14-10-13-3-1-2-8-18-13/h2,4-8,13-14H,1,3,9-10H2. The van der Waals surface area contributed by atoms with Crippen LogP contribution < -0.4 is 5.32 Å². The van der Waals surface area contributed by atoms with Gasteiger partial charge in [0.25, 0.3) is 5.69 Å². The maximum Gasteiger partial charge on any atom is 0.269 e. The predicted molar refractivity (Wildman–Crippen MR) is 68.1 cm³/mol. The largest absolute Gasteiger partial charge is 0.497 e. The minimum absolute atomic E-state index is 0.125. The van der Waals surface area contributed by atoms with Gasteiger partial charge in [-0.15, -0.1) is 0 Å². The molecule has 5 heteroatoms. The van der Waals surface area contributed by atoms with E-state index in [2.05, 4.69) is 5.32 Å². The summed E-state index contributed by atoms with van der Waals surface area (Å²) in [4.78, 5) is 10.1. The minimum atomic E-state index is -0.389. The molecule has 5 nitrogen and oxygen atoms in total. The lowest BCUT2D eigenvalue weighted by Crippen LogP contribution is -2.28. The molecule has 0 spiro atoms. The molecule has 1 aromatic rings. The number of ether oxygens (including phenoxy) is 1. The molecule has 0 bridgehead atoms. The van der Waals surface area contributed by atoms with Gasteiger partial charge in [-0.25, -0.2) is 0 Å². The zero-order valence-electron chi connectivity index (χ0n) is 10.0. The van der Waals surface area contributed by atoms with Crippen LogP contribution in [-0.4, -0.2) is 17.6 Å². The molecule has 0 saturated heterocycles. The smallest absolute Gasteiger partial charge is 0.269 e. The van der Waals surface area contributed by atoms with Crippen molar-refractivity contribution in [3.63, 3.8) is 0 Å². The lowest BCUT2D eigenvalue weighted by Gasteiger charge is -2.19. The number of non-ortho nitro benzene ring substituents is 1. The number of nitro benzene ring substituents is 1. The molecule has 2 rings (SSSR count). The molecular weight excluding hydrogens is 232 g/mol. The van der Waals surface area contributed by atoms with E-state index in [4.69, 9.17) is 4.74 Å². The number of rotatable bonds is 5. The third-order valence-corrected chi connectivity index (χ3v) is 2.87. The fraction of sp³-hybridized carbons (Fsp3) is 0.385. The van der Waals surface area contributed by atoms with E-state index in [0.717, 1.165) is 24.9 Å². The highest BCUT2D eigenvalue weighted by atomic mass is 16.6. The first-order chi connectivity index (χ1) is 8.75. The summed E-state index contributed by atoms with van der Waals surface area (Å²) in [5, 5.41) is 13.8. The fourth-order valence-electron chi connectivity index (χ4n) is 1.85. The van der Waals surface area contributed by atoms with Crippen LogP contribution >= 0.6 is 0 Å². The number of allylic oxidation sites excluding steroid dienone is 1. The summed E-state index contributed by atoms with van der Waals surface area (Å²) in [7, 11) is 0. The zero-order chi connectivity index (χ0) is 12.8. The van der Waals surface area contributed by atoms with E-state index in [1.807, 2.05) is 6.08 Å². The highest BCUT2D eigenvalue weighted by Crippen LogP contribution is 2.12. The fourth-order valence-corrected chi connectivity index (χ4v) is 1.85. The average Bonchev–Trinajstić information content (AvgIpc) is 2.40. The molecule has 0 aromatic heterocycles. The van der Waals surface area contributed by atoms with E-state index in [1.54, 1.807) is 18.4 Å². The van der Waals surface area contributed by atoms with Gasteiger partial charge in [-0.05, 0) is 24.5 Å². The van der Waals surface area contributed by atoms with Gasteiger partial charge in [0.15, 0.2) is 0 Å². The second-order valence-corrected chi connectivity index (χ2v) is 4.26. The Kier molecular flexibility index (Phi) is 4.30. The van der Waals surface area contributed by atoms with Crippen LogP contribution in [0.25, 0.3) is 0 Å². The Bertz CT molecular complexity index is 428. The van der Waals surface area contributed by atoms with Crippen LogP contribution in [0.2, 0.25) is 0 Å². The Hall–Kier alpha value is -1.88. The Morgan fingerprint density at radius 1 is 1.39 bits per heavy atom. The third kappa shape index (κ3) is 3.56. The molecule has 0 amide bonds. The molecule has 1 heterocycles. The maximum absolute atomic E-state index is 10.5. The molecule has 1 atom stereocenters. The lowest BCUT2D eigenvalue weighted by atomic mass is 10.1. The topological polar surface area (TPSA) is 64.4 Å². The molecule has 0 fully saturated rings. The molecule has 0 saturated carbocycles. The first-order valence-electron chi connectivity index (χ1n) is 6.00. The molecular formula is C13H16N2O3. The highest BCUT2D eigenvalue weighted by molar-refractivity contribution is 5.32. The van der Waals surface area contributed by atoms with Gasteiger partial charge < -0.3 is 10.1 Å². The van der Waals surface area contributed by atoms with E-state index in [0.29, 0.717) is 6.54 Å². The van der Waals surface area contributed by atoms with Crippen molar-refractivity contribution >= 4 is 5.69 Å². The van der Waals surface area contributed by atoms with Crippen LogP contribution in [0.1, 0.15) is 18.4 Å². The summed E-state index contributed by atoms with van der Waals surface area (Å²) in [5.74, 6) is 0. The van der Waals surface area contributed by atoms with Gasteiger partial charge >= 0.3 is 0 Å². The molecule has 1 aromatic carbocycles. The number of hydrogen-bond acceptors (Lipinski definition) is 4. The van der Waals surface area contributed by atoms with Crippen molar-refractivity contribution in [3.05, 3.63) is 52.3 Å². The van der Waals surface area contributed by atoms with Gasteiger partial charge in [0.05, 0.1) is 11.2 Å². The second kappa shape index (κ2) is 6.16. The lowest BCUT2D eigenvalue weighted by molar-refractivity contribution is -0.384. The quantitative estimate of drug-likeness (QED) is 0.641. The molecule has 18 heavy (non-hydrogen) atoms. The Labute approximate surface area is 106 Å². The third-order valence-electron chi connectivity index (χ3n) is 2.87. The zero-order valence-corrected chi connectivity index (χ0v) is 10.0. The molecule has 1 aliphatic rings. The van der Waals surface area contributed by atoms with Crippen molar-refractivity contribution in [3.8, 4) is 0 Å². The molecule has 0 aliphatic carbocycles. The van der Waals surface area contributed by atoms with Crippen molar-refractivity contribution in [2.75, 3.05) is 6.54 Å². The van der Waals surface area contributed by atoms with Crippen LogP contribution in [0, 0.1) is 10.1 Å². The average molecular weight is 248 g/mol. The van der Waals surface area contributed by atoms with E-state index in [1.165, 1.54) is 12.1 Å². The minimum Gasteiger partial charge on any atom is -0.497 e. The van der Waals surface area contributed by atoms with Gasteiger partial charge in [-0.1, -0.05) is 12.1 Å². The summed E-state index contributed by atoms with van der Waals surface area (Å²) < 4.78 is 5.43. The predicted octanol–water partition coefficient (Wildman–Crippen LogP) is 2.38. The summed E-state index contributed by atoms with van der Waals surface area (Å²) in [5.41, 5.74) is 1.16. The Balaban J connectivity index is 1.76. The first kappa shape index (κ1) is 12.6. The molecule has 0 radical (unpaired) electrons. The van der Waals surface area contributed by atoms with Gasteiger partial charge in [-0.3, -0.25) is 10.1 Å². The Morgan fingerprint density at radius 2 is 2.17 bits per heavy atom. The summed E-state index contributed by atoms with van der Waals surface area (Å²) in [6.07, 6.45) is 6.09. The highest BCUT2D eigenvalue weighted by Gasteiger charge is 2.10. The van der Waals surface area contributed by atoms with E-state index in [9.17, 15) is 10.1 Å². The first-order valence-corrected chi connectivity index (χ1v) is 6.00. The number of benzene rings is 1. The van der Waals surface area contributed by atoms with Crippen LogP contribution in [0.5, 0.6) is 0 Å². The van der Waals surface area contributed by atoms with Crippen LogP contribution in [0.4, 0.5) is 5.69 Å². The van der Waals surface area contributed by atoms with E-state index >= 15 is 0 Å². The van der Waals surface area contributed by atoms with Crippen LogP contribution in [0.3, 0.4) is 0 Å². The monoisotopic (exact) mass is 248 g/mol. The van der Waals surface area contributed by atoms with Crippen molar-refractivity contribution in [1.82, 2.24) is 5.32 Å². The Morgan fingerprint density at radius 3 is 2.78 bits per heavy atom. The maximum atomic E-state index is 10.5. The summed E-state index contributed by atoms with van der Waals surface area (Å²) >= 11 is 0. The summed E-state index contributed by atoms with van der Waals surface area (Å²) in [6, 6.07) is 6.59. The molecule has 1 aliphatic heterocycles.